The van der Waals surface area contributed by atoms with Gasteiger partial charge in [0.05, 0.1) is 12.0 Å². The normalized spacial score (nSPS) is 10.7. The molecule has 0 spiro atoms. The van der Waals surface area contributed by atoms with Crippen LogP contribution >= 0.6 is 0 Å². The van der Waals surface area contributed by atoms with E-state index in [1.807, 2.05) is 0 Å². The van der Waals surface area contributed by atoms with Crippen molar-refractivity contribution in [1.29, 1.82) is 0 Å². The van der Waals surface area contributed by atoms with E-state index in [1.54, 1.807) is 0 Å². The van der Waals surface area contributed by atoms with Crippen LogP contribution in [0.5, 0.6) is 0 Å². The monoisotopic (exact) mass is 140 g/mol. The maximum Gasteiger partial charge on any atom is 0.0965 e. The molecule has 0 unspecified atom stereocenters. The molecule has 0 aliphatic heterocycles. The number of allylic oxidation sites excluding steroid dienone is 1. The van der Waals surface area contributed by atoms with Gasteiger partial charge in [0.1, 0.15) is 0 Å². The van der Waals surface area contributed by atoms with Crippen molar-refractivity contribution < 1.29 is 4.74 Å². The van der Waals surface area contributed by atoms with E-state index >= 15 is 0 Å². The summed E-state index contributed by atoms with van der Waals surface area (Å²) in [7, 11) is 0. The predicted molar refractivity (Wildman–Crippen MR) is 44.5 cm³/mol. The third-order valence-electron chi connectivity index (χ3n) is 0.977. The fraction of sp³-hybridized carbons (Fsp3) is 0.556. The molecule has 10 heavy (non-hydrogen) atoms. The van der Waals surface area contributed by atoms with Crippen LogP contribution in [0.3, 0.4) is 0 Å². The average molecular weight is 140 g/mol. The highest BCUT2D eigenvalue weighted by molar-refractivity contribution is 4.89. The first-order valence-electron chi connectivity index (χ1n) is 3.41. The van der Waals surface area contributed by atoms with Gasteiger partial charge in [-0.05, 0) is 5.41 Å². The Morgan fingerprint density at radius 2 is 2.00 bits per heavy atom. The molecule has 0 N–H and O–H groups in total. The van der Waals surface area contributed by atoms with Crippen LogP contribution in [-0.4, -0.2) is 0 Å². The van der Waals surface area contributed by atoms with Crippen LogP contribution in [0.25, 0.3) is 0 Å². The van der Waals surface area contributed by atoms with E-state index in [0.29, 0.717) is 0 Å². The van der Waals surface area contributed by atoms with Gasteiger partial charge < -0.3 is 4.74 Å². The second-order valence-electron chi connectivity index (χ2n) is 3.56. The van der Waals surface area contributed by atoms with Crippen LogP contribution < -0.4 is 0 Å². The molecule has 0 aromatic carbocycles. The average Bonchev–Trinajstić information content (AvgIpc) is 1.59. The minimum absolute atomic E-state index is 0.250. The van der Waals surface area contributed by atoms with Gasteiger partial charge in [0.15, 0.2) is 0 Å². The first kappa shape index (κ1) is 9.28. The summed E-state index contributed by atoms with van der Waals surface area (Å²) >= 11 is 0. The summed E-state index contributed by atoms with van der Waals surface area (Å²) in [5.74, 6) is 0.780. The minimum atomic E-state index is 0.250. The minimum Gasteiger partial charge on any atom is -0.471 e. The zero-order chi connectivity index (χ0) is 8.20. The predicted octanol–water partition coefficient (Wildman–Crippen LogP) is 3.10. The largest absolute Gasteiger partial charge is 0.471 e. The number of hydrogen-bond donors (Lipinski definition) is 0. The first-order valence-corrected chi connectivity index (χ1v) is 3.41. The van der Waals surface area contributed by atoms with Gasteiger partial charge in [-0.3, -0.25) is 0 Å². The molecule has 0 rings (SSSR count). The lowest BCUT2D eigenvalue weighted by atomic mass is 9.92. The van der Waals surface area contributed by atoms with Crippen LogP contribution in [0.4, 0.5) is 0 Å². The molecule has 1 heteroatoms. The summed E-state index contributed by atoms with van der Waals surface area (Å²) in [6.45, 7) is 13.6. The Morgan fingerprint density at radius 1 is 1.50 bits per heavy atom. The summed E-state index contributed by atoms with van der Waals surface area (Å²) in [4.78, 5) is 0. The van der Waals surface area contributed by atoms with Gasteiger partial charge in [-0.25, -0.2) is 0 Å². The van der Waals surface area contributed by atoms with Crippen LogP contribution in [-0.2, 0) is 4.74 Å². The Hall–Kier alpha value is -0.720. The van der Waals surface area contributed by atoms with E-state index in [2.05, 4.69) is 33.9 Å². The van der Waals surface area contributed by atoms with Crippen LogP contribution in [0.1, 0.15) is 27.2 Å². The van der Waals surface area contributed by atoms with Gasteiger partial charge >= 0.3 is 0 Å². The smallest absolute Gasteiger partial charge is 0.0965 e. The Balaban J connectivity index is 3.68. The SMILES string of the molecule is C=COC(=C)CC(C)(C)C. The Kier molecular flexibility index (Phi) is 3.20. The van der Waals surface area contributed by atoms with Gasteiger partial charge in [-0.1, -0.05) is 33.9 Å². The maximum absolute atomic E-state index is 4.99. The van der Waals surface area contributed by atoms with Gasteiger partial charge in [-0.15, -0.1) is 0 Å². The Labute approximate surface area is 63.4 Å². The fourth-order valence-electron chi connectivity index (χ4n) is 0.751. The van der Waals surface area contributed by atoms with Crippen molar-refractivity contribution in [3.8, 4) is 0 Å². The highest BCUT2D eigenvalue weighted by Crippen LogP contribution is 2.23. The summed E-state index contributed by atoms with van der Waals surface area (Å²) in [5.41, 5.74) is 0.250. The molecule has 0 saturated heterocycles. The van der Waals surface area contributed by atoms with Gasteiger partial charge in [0, 0.05) is 6.42 Å². The molecule has 0 aromatic rings. The molecule has 0 radical (unpaired) electrons. The van der Waals surface area contributed by atoms with Gasteiger partial charge in [0.2, 0.25) is 0 Å². The van der Waals surface area contributed by atoms with Crippen molar-refractivity contribution in [2.75, 3.05) is 0 Å². The topological polar surface area (TPSA) is 9.23 Å². The highest BCUT2D eigenvalue weighted by Gasteiger charge is 2.11. The van der Waals surface area contributed by atoms with E-state index < -0.39 is 0 Å². The molecule has 0 amide bonds. The third-order valence-corrected chi connectivity index (χ3v) is 0.977. The van der Waals surface area contributed by atoms with E-state index in [-0.39, 0.29) is 5.41 Å². The van der Waals surface area contributed by atoms with Gasteiger partial charge in [-0.2, -0.15) is 0 Å². The molecular weight excluding hydrogens is 124 g/mol. The van der Waals surface area contributed by atoms with Crippen LogP contribution in [0, 0.1) is 5.41 Å². The Morgan fingerprint density at radius 3 is 2.30 bits per heavy atom. The van der Waals surface area contributed by atoms with Crippen molar-refractivity contribution in [3.05, 3.63) is 25.2 Å². The van der Waals surface area contributed by atoms with Crippen LogP contribution in [0.2, 0.25) is 0 Å². The molecule has 0 saturated carbocycles. The van der Waals surface area contributed by atoms with Crippen molar-refractivity contribution in [1.82, 2.24) is 0 Å². The third kappa shape index (κ3) is 5.42. The summed E-state index contributed by atoms with van der Waals surface area (Å²) in [6.07, 6.45) is 2.28. The number of rotatable bonds is 3. The quantitative estimate of drug-likeness (QED) is 0.547. The molecule has 0 fully saturated rings. The van der Waals surface area contributed by atoms with Crippen LogP contribution in [0.15, 0.2) is 25.2 Å². The maximum atomic E-state index is 4.99. The second kappa shape index (κ2) is 3.45. The fourth-order valence-corrected chi connectivity index (χ4v) is 0.751. The molecule has 0 aliphatic rings. The van der Waals surface area contributed by atoms with Crippen molar-refractivity contribution >= 4 is 0 Å². The van der Waals surface area contributed by atoms with Crippen molar-refractivity contribution in [2.45, 2.75) is 27.2 Å². The van der Waals surface area contributed by atoms with Crippen molar-refractivity contribution in [2.24, 2.45) is 5.41 Å². The van der Waals surface area contributed by atoms with Crippen molar-refractivity contribution in [3.63, 3.8) is 0 Å². The molecule has 0 aliphatic carbocycles. The van der Waals surface area contributed by atoms with E-state index in [4.69, 9.17) is 4.74 Å². The summed E-state index contributed by atoms with van der Waals surface area (Å²) in [6, 6.07) is 0. The van der Waals surface area contributed by atoms with E-state index in [0.717, 1.165) is 12.2 Å². The van der Waals surface area contributed by atoms with E-state index in [9.17, 15) is 0 Å². The zero-order valence-corrected chi connectivity index (χ0v) is 7.11. The highest BCUT2D eigenvalue weighted by atomic mass is 16.5. The number of ether oxygens (including phenoxy) is 1. The second-order valence-corrected chi connectivity index (χ2v) is 3.56. The molecule has 1 nitrogen and oxygen atoms in total. The lowest BCUT2D eigenvalue weighted by molar-refractivity contribution is 0.278. The first-order chi connectivity index (χ1) is 4.45. The molecule has 0 atom stereocenters. The van der Waals surface area contributed by atoms with E-state index in [1.165, 1.54) is 6.26 Å². The summed E-state index contributed by atoms with van der Waals surface area (Å²) < 4.78 is 4.99. The zero-order valence-electron chi connectivity index (χ0n) is 7.11. The molecule has 0 heterocycles. The summed E-state index contributed by atoms with van der Waals surface area (Å²) in [5, 5.41) is 0. The lowest BCUT2D eigenvalue weighted by Crippen LogP contribution is -2.06. The Bertz CT molecular complexity index is 128. The number of hydrogen-bond acceptors (Lipinski definition) is 1. The lowest BCUT2D eigenvalue weighted by Gasteiger charge is -2.18. The molecule has 0 aromatic heterocycles. The molecule has 58 valence electrons. The van der Waals surface area contributed by atoms with Gasteiger partial charge in [0.25, 0.3) is 0 Å². The molecular formula is C9H16O. The standard InChI is InChI=1S/C9H16O/c1-6-10-8(2)7-9(3,4)5/h6H,1-2,7H2,3-5H3. The molecule has 0 bridgehead atoms.